The Bertz CT molecular complexity index is 1330. The first-order chi connectivity index (χ1) is 17.1. The topological polar surface area (TPSA) is 104 Å². The van der Waals surface area contributed by atoms with Crippen LogP contribution in [0.25, 0.3) is 0 Å². The van der Waals surface area contributed by atoms with Crippen LogP contribution in [0.5, 0.6) is 0 Å². The van der Waals surface area contributed by atoms with Gasteiger partial charge in [0.1, 0.15) is 0 Å². The highest BCUT2D eigenvalue weighted by Gasteiger charge is 2.36. The summed E-state index contributed by atoms with van der Waals surface area (Å²) >= 11 is 0. The van der Waals surface area contributed by atoms with Crippen LogP contribution in [-0.4, -0.2) is 41.1 Å². The van der Waals surface area contributed by atoms with Gasteiger partial charge in [-0.3, -0.25) is 14.6 Å². The molecule has 0 saturated heterocycles. The molecule has 3 amide bonds. The average molecular weight is 484 g/mol. The van der Waals surface area contributed by atoms with Gasteiger partial charge in [-0.1, -0.05) is 57.2 Å². The third kappa shape index (κ3) is 5.49. The van der Waals surface area contributed by atoms with Crippen molar-refractivity contribution in [2.45, 2.75) is 33.9 Å². The maximum atomic E-state index is 13.8. The second-order valence-electron chi connectivity index (χ2n) is 9.68. The number of hydrogen-bond acceptors (Lipinski definition) is 5. The number of fused-ring (bicyclic) bond motifs is 1. The molecule has 1 aromatic heterocycles. The summed E-state index contributed by atoms with van der Waals surface area (Å²) in [4.78, 5) is 50.2. The van der Waals surface area contributed by atoms with Crippen molar-refractivity contribution in [1.82, 2.24) is 10.3 Å². The molecule has 8 heteroatoms. The molecule has 0 radical (unpaired) electrons. The first kappa shape index (κ1) is 24.8. The number of aryl methyl sites for hydroxylation is 1. The van der Waals surface area contributed by atoms with E-state index in [2.05, 4.69) is 20.6 Å². The number of anilines is 2. The molecule has 0 unspecified atom stereocenters. The number of aromatic nitrogens is 1. The maximum absolute atomic E-state index is 13.8. The predicted octanol–water partition coefficient (Wildman–Crippen LogP) is 4.34. The fourth-order valence-electron chi connectivity index (χ4n) is 3.79. The van der Waals surface area contributed by atoms with E-state index in [0.717, 1.165) is 5.56 Å². The molecule has 1 aliphatic rings. The summed E-state index contributed by atoms with van der Waals surface area (Å²) in [6, 6.07) is 19.4. The zero-order chi connectivity index (χ0) is 25.9. The Morgan fingerprint density at radius 1 is 1.00 bits per heavy atom. The third-order valence-corrected chi connectivity index (χ3v) is 5.80. The molecular weight excluding hydrogens is 454 g/mol. The molecule has 1 aliphatic heterocycles. The zero-order valence-corrected chi connectivity index (χ0v) is 20.8. The molecule has 3 aromatic rings. The van der Waals surface area contributed by atoms with Gasteiger partial charge in [0.15, 0.2) is 5.78 Å². The summed E-state index contributed by atoms with van der Waals surface area (Å²) in [5, 5.41) is 5.44. The second kappa shape index (κ2) is 10.1. The Labute approximate surface area is 210 Å². The lowest BCUT2D eigenvalue weighted by molar-refractivity contribution is -0.127. The number of ketones is 1. The summed E-state index contributed by atoms with van der Waals surface area (Å²) in [6.45, 7) is 7.20. The predicted molar refractivity (Wildman–Crippen MR) is 140 cm³/mol. The average Bonchev–Trinajstić information content (AvgIpc) is 2.94. The summed E-state index contributed by atoms with van der Waals surface area (Å²) in [5.41, 5.74) is 3.10. The lowest BCUT2D eigenvalue weighted by atomic mass is 9.90. The quantitative estimate of drug-likeness (QED) is 0.563. The number of rotatable bonds is 5. The van der Waals surface area contributed by atoms with Gasteiger partial charge < -0.3 is 15.5 Å². The van der Waals surface area contributed by atoms with Gasteiger partial charge in [-0.15, -0.1) is 0 Å². The van der Waals surface area contributed by atoms with E-state index in [1.54, 1.807) is 36.5 Å². The van der Waals surface area contributed by atoms with Gasteiger partial charge in [0.05, 0.1) is 23.6 Å². The van der Waals surface area contributed by atoms with Gasteiger partial charge in [-0.05, 0) is 42.8 Å². The molecule has 0 bridgehead atoms. The van der Waals surface area contributed by atoms with Crippen LogP contribution in [0.4, 0.5) is 16.2 Å². The fourth-order valence-corrected chi connectivity index (χ4v) is 3.79. The monoisotopic (exact) mass is 483 g/mol. The minimum atomic E-state index is -1.27. The first-order valence-corrected chi connectivity index (χ1v) is 11.7. The summed E-state index contributed by atoms with van der Waals surface area (Å²) in [7, 11) is 0. The van der Waals surface area contributed by atoms with E-state index in [4.69, 9.17) is 0 Å². The Morgan fingerprint density at radius 3 is 2.44 bits per heavy atom. The molecule has 4 rings (SSSR count). The van der Waals surface area contributed by atoms with Gasteiger partial charge in [0.2, 0.25) is 6.17 Å². The van der Waals surface area contributed by atoms with Crippen molar-refractivity contribution in [1.29, 1.82) is 0 Å². The Kier molecular flexibility index (Phi) is 6.96. The van der Waals surface area contributed by atoms with Crippen LogP contribution >= 0.6 is 0 Å². The first-order valence-electron chi connectivity index (χ1n) is 11.7. The number of para-hydroxylation sites is 1. The molecule has 0 fully saturated rings. The summed E-state index contributed by atoms with van der Waals surface area (Å²) < 4.78 is 0. The van der Waals surface area contributed by atoms with Gasteiger partial charge in [0.25, 0.3) is 5.91 Å². The highest BCUT2D eigenvalue weighted by Crippen LogP contribution is 2.29. The lowest BCUT2D eigenvalue weighted by Gasteiger charge is -2.28. The van der Waals surface area contributed by atoms with E-state index in [1.165, 1.54) is 4.90 Å². The third-order valence-electron chi connectivity index (χ3n) is 5.80. The highest BCUT2D eigenvalue weighted by atomic mass is 16.2. The van der Waals surface area contributed by atoms with Crippen molar-refractivity contribution < 1.29 is 14.4 Å². The molecule has 0 aliphatic carbocycles. The van der Waals surface area contributed by atoms with E-state index in [0.29, 0.717) is 28.3 Å². The minimum Gasteiger partial charge on any atom is -0.308 e. The van der Waals surface area contributed by atoms with E-state index in [9.17, 15) is 14.4 Å². The molecule has 36 heavy (non-hydrogen) atoms. The molecule has 2 heterocycles. The van der Waals surface area contributed by atoms with Crippen LogP contribution in [0.1, 0.15) is 37.6 Å². The number of hydrogen-bond donors (Lipinski definition) is 2. The number of Topliss-reactive ketones (excluding diaryl/α,β-unsaturated/α-hetero) is 1. The molecule has 0 saturated carbocycles. The number of nitrogens with zero attached hydrogens (tertiary/aromatic N) is 3. The van der Waals surface area contributed by atoms with Crippen LogP contribution in [0.3, 0.4) is 0 Å². The maximum Gasteiger partial charge on any atom is 0.321 e. The SMILES string of the molecule is Cc1cccc(NC(=O)N[C@@H]2N=C(c3ccccn3)c3ccccc3N(CC(=O)C(C)(C)C)C2=O)c1. The van der Waals surface area contributed by atoms with Crippen molar-refractivity contribution in [3.8, 4) is 0 Å². The van der Waals surface area contributed by atoms with Crippen LogP contribution in [0, 0.1) is 12.3 Å². The Balaban J connectivity index is 1.75. The number of amides is 3. The fraction of sp³-hybridized carbons (Fsp3) is 0.250. The minimum absolute atomic E-state index is 0.116. The van der Waals surface area contributed by atoms with Crippen LogP contribution < -0.4 is 15.5 Å². The number of benzodiazepines with no additional fused rings is 1. The molecule has 0 spiro atoms. The van der Waals surface area contributed by atoms with Gasteiger partial charge in [0, 0.05) is 22.9 Å². The Hall–Kier alpha value is -4.33. The highest BCUT2D eigenvalue weighted by molar-refractivity contribution is 6.20. The number of carbonyl (C=O) groups excluding carboxylic acids is 3. The molecule has 2 aromatic carbocycles. The molecular formula is C28H29N5O3. The number of benzene rings is 2. The van der Waals surface area contributed by atoms with Crippen molar-refractivity contribution in [3.05, 3.63) is 89.7 Å². The number of pyridine rings is 1. The van der Waals surface area contributed by atoms with Gasteiger partial charge >= 0.3 is 6.03 Å². The number of urea groups is 1. The number of aliphatic imine (C=N–C) groups is 1. The molecule has 1 atom stereocenters. The zero-order valence-electron chi connectivity index (χ0n) is 20.8. The van der Waals surface area contributed by atoms with E-state index in [1.807, 2.05) is 64.1 Å². The van der Waals surface area contributed by atoms with Gasteiger partial charge in [-0.2, -0.15) is 0 Å². The van der Waals surface area contributed by atoms with Gasteiger partial charge in [-0.25, -0.2) is 9.79 Å². The van der Waals surface area contributed by atoms with Crippen molar-refractivity contribution >= 4 is 34.8 Å². The van der Waals surface area contributed by atoms with E-state index >= 15 is 0 Å². The van der Waals surface area contributed by atoms with Crippen LogP contribution in [0.2, 0.25) is 0 Å². The Morgan fingerprint density at radius 2 is 1.75 bits per heavy atom. The van der Waals surface area contributed by atoms with Crippen molar-refractivity contribution in [2.75, 3.05) is 16.8 Å². The number of nitrogens with one attached hydrogen (secondary N) is 2. The normalized spacial score (nSPS) is 15.4. The molecule has 2 N–H and O–H groups in total. The smallest absolute Gasteiger partial charge is 0.308 e. The summed E-state index contributed by atoms with van der Waals surface area (Å²) in [5.74, 6) is -0.625. The van der Waals surface area contributed by atoms with E-state index < -0.39 is 23.5 Å². The van der Waals surface area contributed by atoms with Crippen molar-refractivity contribution in [2.24, 2.45) is 10.4 Å². The molecule has 8 nitrogen and oxygen atoms in total. The summed E-state index contributed by atoms with van der Waals surface area (Å²) in [6.07, 6.45) is 0.369. The largest absolute Gasteiger partial charge is 0.321 e. The number of carbonyl (C=O) groups is 3. The second-order valence-corrected chi connectivity index (χ2v) is 9.68. The van der Waals surface area contributed by atoms with Crippen LogP contribution in [-0.2, 0) is 9.59 Å². The van der Waals surface area contributed by atoms with E-state index in [-0.39, 0.29) is 12.3 Å². The van der Waals surface area contributed by atoms with Crippen molar-refractivity contribution in [3.63, 3.8) is 0 Å². The van der Waals surface area contributed by atoms with Crippen LogP contribution in [0.15, 0.2) is 77.9 Å². The lowest BCUT2D eigenvalue weighted by Crippen LogP contribution is -2.50. The standard InChI is InChI=1S/C28H29N5O3/c1-18-10-9-11-19(16-18)30-27(36)32-25-26(35)33(17-23(34)28(2,3)4)22-14-6-5-12-20(22)24(31-25)21-13-7-8-15-29-21/h5-16,25H,17H2,1-4H3,(H2,30,32,36)/t25-/m0/s1. The molecule has 184 valence electrons.